The standard InChI is InChI=1S/C16H15ClFNO3/c1-21-15-6-5-11(7-14(15)17)9-19-16(20)10-22-13-4-2-3-12(18)8-13/h2-8H,9-10H2,1H3,(H,19,20). The van der Waals surface area contributed by atoms with Crippen molar-refractivity contribution in [3.63, 3.8) is 0 Å². The fraction of sp³-hybridized carbons (Fsp3) is 0.188. The molecule has 0 saturated heterocycles. The van der Waals surface area contributed by atoms with Crippen LogP contribution in [0, 0.1) is 5.82 Å². The number of amides is 1. The van der Waals surface area contributed by atoms with Gasteiger partial charge in [0.1, 0.15) is 17.3 Å². The van der Waals surface area contributed by atoms with E-state index in [1.165, 1.54) is 25.3 Å². The number of hydrogen-bond acceptors (Lipinski definition) is 3. The highest BCUT2D eigenvalue weighted by Crippen LogP contribution is 2.24. The molecule has 0 aliphatic carbocycles. The van der Waals surface area contributed by atoms with E-state index in [0.717, 1.165) is 5.56 Å². The summed E-state index contributed by atoms with van der Waals surface area (Å²) in [7, 11) is 1.53. The highest BCUT2D eigenvalue weighted by atomic mass is 35.5. The molecule has 116 valence electrons. The summed E-state index contributed by atoms with van der Waals surface area (Å²) in [5.41, 5.74) is 0.838. The topological polar surface area (TPSA) is 47.6 Å². The van der Waals surface area contributed by atoms with Gasteiger partial charge < -0.3 is 14.8 Å². The lowest BCUT2D eigenvalue weighted by Gasteiger charge is -2.09. The number of benzene rings is 2. The molecule has 0 aromatic heterocycles. The zero-order chi connectivity index (χ0) is 15.9. The molecular formula is C16H15ClFNO3. The Hall–Kier alpha value is -2.27. The predicted molar refractivity (Wildman–Crippen MR) is 81.7 cm³/mol. The molecule has 1 amide bonds. The Bertz CT molecular complexity index is 664. The zero-order valence-electron chi connectivity index (χ0n) is 11.9. The molecule has 6 heteroatoms. The summed E-state index contributed by atoms with van der Waals surface area (Å²) < 4.78 is 23.2. The average molecular weight is 324 g/mol. The first-order valence-corrected chi connectivity index (χ1v) is 6.94. The van der Waals surface area contributed by atoms with Gasteiger partial charge >= 0.3 is 0 Å². The van der Waals surface area contributed by atoms with E-state index in [0.29, 0.717) is 23.1 Å². The minimum absolute atomic E-state index is 0.187. The summed E-state index contributed by atoms with van der Waals surface area (Å²) in [6, 6.07) is 10.9. The maximum absolute atomic E-state index is 13.0. The zero-order valence-corrected chi connectivity index (χ0v) is 12.7. The molecule has 2 aromatic carbocycles. The lowest BCUT2D eigenvalue weighted by molar-refractivity contribution is -0.123. The molecule has 0 fully saturated rings. The van der Waals surface area contributed by atoms with Crippen LogP contribution in [0.2, 0.25) is 5.02 Å². The number of methoxy groups -OCH3 is 1. The highest BCUT2D eigenvalue weighted by molar-refractivity contribution is 6.32. The molecule has 2 rings (SSSR count). The number of carbonyl (C=O) groups excluding carboxylic acids is 1. The maximum Gasteiger partial charge on any atom is 0.258 e. The second-order valence-corrected chi connectivity index (χ2v) is 4.90. The Balaban J connectivity index is 1.81. The normalized spacial score (nSPS) is 10.1. The number of nitrogens with one attached hydrogen (secondary N) is 1. The Morgan fingerprint density at radius 1 is 1.27 bits per heavy atom. The van der Waals surface area contributed by atoms with E-state index >= 15 is 0 Å². The summed E-state index contributed by atoms with van der Waals surface area (Å²) in [4.78, 5) is 11.7. The van der Waals surface area contributed by atoms with Crippen molar-refractivity contribution in [2.75, 3.05) is 13.7 Å². The molecule has 2 aromatic rings. The van der Waals surface area contributed by atoms with Gasteiger partial charge in [0.25, 0.3) is 5.91 Å². The van der Waals surface area contributed by atoms with Crippen molar-refractivity contribution in [3.05, 3.63) is 58.9 Å². The minimum atomic E-state index is -0.411. The number of rotatable bonds is 6. The van der Waals surface area contributed by atoms with E-state index in [9.17, 15) is 9.18 Å². The molecule has 0 unspecified atom stereocenters. The van der Waals surface area contributed by atoms with Gasteiger partial charge in [-0.05, 0) is 29.8 Å². The first kappa shape index (κ1) is 16.1. The van der Waals surface area contributed by atoms with Crippen LogP contribution >= 0.6 is 11.6 Å². The number of hydrogen-bond donors (Lipinski definition) is 1. The molecule has 0 saturated carbocycles. The monoisotopic (exact) mass is 323 g/mol. The third kappa shape index (κ3) is 4.63. The van der Waals surface area contributed by atoms with Crippen LogP contribution in [0.25, 0.3) is 0 Å². The molecule has 0 bridgehead atoms. The maximum atomic E-state index is 13.0. The first-order chi connectivity index (χ1) is 10.6. The van der Waals surface area contributed by atoms with Crippen LogP contribution in [0.15, 0.2) is 42.5 Å². The van der Waals surface area contributed by atoms with E-state index in [4.69, 9.17) is 21.1 Å². The second kappa shape index (κ2) is 7.66. The molecule has 0 heterocycles. The van der Waals surface area contributed by atoms with Crippen LogP contribution in [0.5, 0.6) is 11.5 Å². The predicted octanol–water partition coefficient (Wildman–Crippen LogP) is 3.18. The first-order valence-electron chi connectivity index (χ1n) is 6.56. The molecular weight excluding hydrogens is 309 g/mol. The number of carbonyl (C=O) groups is 1. The lowest BCUT2D eigenvalue weighted by atomic mass is 10.2. The van der Waals surface area contributed by atoms with Gasteiger partial charge in [-0.1, -0.05) is 23.7 Å². The van der Waals surface area contributed by atoms with E-state index in [-0.39, 0.29) is 12.5 Å². The van der Waals surface area contributed by atoms with Gasteiger partial charge in [0, 0.05) is 12.6 Å². The Labute approximate surface area is 132 Å². The van der Waals surface area contributed by atoms with Gasteiger partial charge in [0.2, 0.25) is 0 Å². The van der Waals surface area contributed by atoms with E-state index in [2.05, 4.69) is 5.32 Å². The third-order valence-electron chi connectivity index (χ3n) is 2.87. The minimum Gasteiger partial charge on any atom is -0.495 e. The Morgan fingerprint density at radius 3 is 2.77 bits per heavy atom. The van der Waals surface area contributed by atoms with Gasteiger partial charge in [0.05, 0.1) is 12.1 Å². The van der Waals surface area contributed by atoms with Gasteiger partial charge in [0.15, 0.2) is 6.61 Å². The molecule has 0 atom stereocenters. The number of ether oxygens (including phenoxy) is 2. The van der Waals surface area contributed by atoms with Crippen LogP contribution in [-0.4, -0.2) is 19.6 Å². The number of halogens is 2. The van der Waals surface area contributed by atoms with Crippen LogP contribution < -0.4 is 14.8 Å². The summed E-state index contributed by atoms with van der Waals surface area (Å²) in [6.45, 7) is 0.127. The molecule has 0 spiro atoms. The van der Waals surface area contributed by atoms with E-state index < -0.39 is 5.82 Å². The lowest BCUT2D eigenvalue weighted by Crippen LogP contribution is -2.28. The molecule has 0 aliphatic rings. The van der Waals surface area contributed by atoms with Crippen LogP contribution in [-0.2, 0) is 11.3 Å². The molecule has 0 radical (unpaired) electrons. The summed E-state index contributed by atoms with van der Waals surface area (Å²) in [6.07, 6.45) is 0. The summed E-state index contributed by atoms with van der Waals surface area (Å²) in [5.74, 6) is 0.163. The van der Waals surface area contributed by atoms with E-state index in [1.54, 1.807) is 24.3 Å². The third-order valence-corrected chi connectivity index (χ3v) is 3.17. The van der Waals surface area contributed by atoms with Crippen LogP contribution in [0.3, 0.4) is 0 Å². The Morgan fingerprint density at radius 2 is 2.09 bits per heavy atom. The van der Waals surface area contributed by atoms with Crippen LogP contribution in [0.1, 0.15) is 5.56 Å². The van der Waals surface area contributed by atoms with Crippen molar-refractivity contribution in [1.82, 2.24) is 5.32 Å². The van der Waals surface area contributed by atoms with Crippen molar-refractivity contribution in [3.8, 4) is 11.5 Å². The summed E-state index contributed by atoms with van der Waals surface area (Å²) >= 11 is 6.00. The van der Waals surface area contributed by atoms with Gasteiger partial charge in [-0.25, -0.2) is 4.39 Å². The van der Waals surface area contributed by atoms with Crippen molar-refractivity contribution < 1.29 is 18.7 Å². The largest absolute Gasteiger partial charge is 0.495 e. The van der Waals surface area contributed by atoms with Crippen molar-refractivity contribution in [2.45, 2.75) is 6.54 Å². The second-order valence-electron chi connectivity index (χ2n) is 4.49. The summed E-state index contributed by atoms with van der Waals surface area (Å²) in [5, 5.41) is 3.17. The smallest absolute Gasteiger partial charge is 0.258 e. The van der Waals surface area contributed by atoms with Crippen molar-refractivity contribution in [2.24, 2.45) is 0 Å². The molecule has 0 aliphatic heterocycles. The van der Waals surface area contributed by atoms with Gasteiger partial charge in [-0.3, -0.25) is 4.79 Å². The fourth-order valence-electron chi connectivity index (χ4n) is 1.78. The fourth-order valence-corrected chi connectivity index (χ4v) is 2.06. The van der Waals surface area contributed by atoms with Gasteiger partial charge in [-0.15, -0.1) is 0 Å². The van der Waals surface area contributed by atoms with Gasteiger partial charge in [-0.2, -0.15) is 0 Å². The van der Waals surface area contributed by atoms with E-state index in [1.807, 2.05) is 0 Å². The Kier molecular flexibility index (Phi) is 5.61. The average Bonchev–Trinajstić information content (AvgIpc) is 2.51. The SMILES string of the molecule is COc1ccc(CNC(=O)COc2cccc(F)c2)cc1Cl. The van der Waals surface area contributed by atoms with Crippen molar-refractivity contribution >= 4 is 17.5 Å². The molecule has 4 nitrogen and oxygen atoms in total. The molecule has 1 N–H and O–H groups in total. The van der Waals surface area contributed by atoms with Crippen LogP contribution in [0.4, 0.5) is 4.39 Å². The highest BCUT2D eigenvalue weighted by Gasteiger charge is 2.05. The molecule has 22 heavy (non-hydrogen) atoms. The van der Waals surface area contributed by atoms with Crippen molar-refractivity contribution in [1.29, 1.82) is 0 Å². The quantitative estimate of drug-likeness (QED) is 0.888.